The summed E-state index contributed by atoms with van der Waals surface area (Å²) >= 11 is 0. The second kappa shape index (κ2) is 5.10. The van der Waals surface area contributed by atoms with Crippen LogP contribution in [0.2, 0.25) is 0 Å². The Hall–Kier alpha value is -2.36. The molecule has 4 heteroatoms. The van der Waals surface area contributed by atoms with Crippen LogP contribution in [0, 0.1) is 0 Å². The number of rotatable bonds is 3. The highest BCUT2D eigenvalue weighted by molar-refractivity contribution is 5.94. The Kier molecular flexibility index (Phi) is 3.14. The highest BCUT2D eigenvalue weighted by Crippen LogP contribution is 2.27. The molecule has 1 aliphatic heterocycles. The number of aromatic nitrogens is 1. The summed E-state index contributed by atoms with van der Waals surface area (Å²) in [6, 6.07) is 9.67. The Morgan fingerprint density at radius 2 is 2.21 bits per heavy atom. The molecule has 2 aromatic rings. The number of aryl methyl sites for hydroxylation is 1. The number of nitrogens with one attached hydrogen (secondary N) is 1. The summed E-state index contributed by atoms with van der Waals surface area (Å²) in [5, 5.41) is 2.87. The van der Waals surface area contributed by atoms with Gasteiger partial charge in [-0.3, -0.25) is 9.78 Å². The van der Waals surface area contributed by atoms with Crippen LogP contribution in [0.1, 0.15) is 17.5 Å². The van der Waals surface area contributed by atoms with Gasteiger partial charge in [-0.15, -0.1) is 0 Å². The minimum Gasteiger partial charge on any atom is -0.489 e. The third kappa shape index (κ3) is 2.73. The Balaban J connectivity index is 1.72. The Bertz CT molecular complexity index is 596. The lowest BCUT2D eigenvalue weighted by Crippen LogP contribution is -2.18. The predicted molar refractivity (Wildman–Crippen MR) is 72.0 cm³/mol. The normalized spacial score (nSPS) is 13.6. The van der Waals surface area contributed by atoms with Gasteiger partial charge >= 0.3 is 0 Å². The van der Waals surface area contributed by atoms with Crippen molar-refractivity contribution >= 4 is 11.6 Å². The molecule has 4 nitrogen and oxygen atoms in total. The monoisotopic (exact) mass is 254 g/mol. The molecule has 96 valence electrons. The molecular weight excluding hydrogens is 240 g/mol. The molecule has 19 heavy (non-hydrogen) atoms. The van der Waals surface area contributed by atoms with Crippen LogP contribution in [0.25, 0.3) is 0 Å². The van der Waals surface area contributed by atoms with Crippen LogP contribution in [0.15, 0.2) is 42.7 Å². The maximum atomic E-state index is 11.4. The molecule has 1 amide bonds. The van der Waals surface area contributed by atoms with Crippen molar-refractivity contribution in [1.82, 2.24) is 4.98 Å². The lowest BCUT2D eigenvalue weighted by Gasteiger charge is -2.17. The number of hydrogen-bond acceptors (Lipinski definition) is 3. The number of amides is 1. The summed E-state index contributed by atoms with van der Waals surface area (Å²) in [6.07, 6.45) is 4.87. The molecule has 0 fully saturated rings. The van der Waals surface area contributed by atoms with Crippen molar-refractivity contribution in [2.45, 2.75) is 19.4 Å². The van der Waals surface area contributed by atoms with E-state index in [-0.39, 0.29) is 5.91 Å². The maximum absolute atomic E-state index is 11.4. The van der Waals surface area contributed by atoms with Gasteiger partial charge in [0.1, 0.15) is 12.4 Å². The molecule has 0 radical (unpaired) electrons. The van der Waals surface area contributed by atoms with E-state index in [1.54, 1.807) is 12.4 Å². The van der Waals surface area contributed by atoms with E-state index < -0.39 is 0 Å². The average Bonchev–Trinajstić information content (AvgIpc) is 2.46. The number of carbonyl (C=O) groups is 1. The SMILES string of the molecule is O=C1CCc2ccc(OCc3cccnc3)cc2N1. The van der Waals surface area contributed by atoms with E-state index in [0.29, 0.717) is 13.0 Å². The highest BCUT2D eigenvalue weighted by atomic mass is 16.5. The molecule has 0 spiro atoms. The molecule has 2 heterocycles. The fourth-order valence-electron chi connectivity index (χ4n) is 2.09. The number of pyridine rings is 1. The zero-order valence-corrected chi connectivity index (χ0v) is 10.4. The molecular formula is C15H14N2O2. The van der Waals surface area contributed by atoms with Gasteiger partial charge in [0.15, 0.2) is 0 Å². The Morgan fingerprint density at radius 1 is 1.26 bits per heavy atom. The number of fused-ring (bicyclic) bond motifs is 1. The smallest absolute Gasteiger partial charge is 0.224 e. The number of benzene rings is 1. The Morgan fingerprint density at radius 3 is 3.05 bits per heavy atom. The lowest BCUT2D eigenvalue weighted by atomic mass is 10.0. The molecule has 3 rings (SSSR count). The van der Waals surface area contributed by atoms with Gasteiger partial charge in [-0.1, -0.05) is 12.1 Å². The summed E-state index contributed by atoms with van der Waals surface area (Å²) in [7, 11) is 0. The predicted octanol–water partition coefficient (Wildman–Crippen LogP) is 2.55. The van der Waals surface area contributed by atoms with Gasteiger partial charge in [0, 0.05) is 36.1 Å². The van der Waals surface area contributed by atoms with Crippen molar-refractivity contribution in [3.8, 4) is 5.75 Å². The van der Waals surface area contributed by atoms with Gasteiger partial charge in [0.05, 0.1) is 0 Å². The number of carbonyl (C=O) groups excluding carboxylic acids is 1. The third-order valence-electron chi connectivity index (χ3n) is 3.11. The molecule has 0 unspecified atom stereocenters. The van der Waals surface area contributed by atoms with Gasteiger partial charge < -0.3 is 10.1 Å². The van der Waals surface area contributed by atoms with E-state index in [0.717, 1.165) is 29.0 Å². The first-order valence-electron chi connectivity index (χ1n) is 6.26. The number of anilines is 1. The summed E-state index contributed by atoms with van der Waals surface area (Å²) in [5.74, 6) is 0.821. The molecule has 1 N–H and O–H groups in total. The standard InChI is InChI=1S/C15H14N2O2/c18-15-6-4-12-3-5-13(8-14(12)17-15)19-10-11-2-1-7-16-9-11/h1-3,5,7-9H,4,6,10H2,(H,17,18). The van der Waals surface area contributed by atoms with Crippen LogP contribution in [0.3, 0.4) is 0 Å². The number of ether oxygens (including phenoxy) is 1. The van der Waals surface area contributed by atoms with Crippen molar-refractivity contribution in [1.29, 1.82) is 0 Å². The molecule has 0 saturated heterocycles. The first-order valence-corrected chi connectivity index (χ1v) is 6.26. The number of hydrogen-bond donors (Lipinski definition) is 1. The minimum absolute atomic E-state index is 0.0666. The summed E-state index contributed by atoms with van der Waals surface area (Å²) < 4.78 is 5.70. The third-order valence-corrected chi connectivity index (χ3v) is 3.11. The largest absolute Gasteiger partial charge is 0.489 e. The van der Waals surface area contributed by atoms with E-state index in [2.05, 4.69) is 10.3 Å². The van der Waals surface area contributed by atoms with Gasteiger partial charge in [-0.25, -0.2) is 0 Å². The molecule has 0 atom stereocenters. The zero-order chi connectivity index (χ0) is 13.1. The van der Waals surface area contributed by atoms with Crippen LogP contribution in [0.5, 0.6) is 5.75 Å². The fourth-order valence-corrected chi connectivity index (χ4v) is 2.09. The van der Waals surface area contributed by atoms with Crippen molar-refractivity contribution in [3.05, 3.63) is 53.9 Å². The maximum Gasteiger partial charge on any atom is 0.224 e. The molecule has 1 aliphatic rings. The number of nitrogens with zero attached hydrogens (tertiary/aromatic N) is 1. The first-order chi connectivity index (χ1) is 9.31. The first kappa shape index (κ1) is 11.7. The minimum atomic E-state index is 0.0666. The van der Waals surface area contributed by atoms with Gasteiger partial charge in [-0.2, -0.15) is 0 Å². The second-order valence-corrected chi connectivity index (χ2v) is 4.52. The second-order valence-electron chi connectivity index (χ2n) is 4.52. The van der Waals surface area contributed by atoms with E-state index >= 15 is 0 Å². The molecule has 0 bridgehead atoms. The van der Waals surface area contributed by atoms with Gasteiger partial charge in [-0.05, 0) is 24.1 Å². The highest BCUT2D eigenvalue weighted by Gasteiger charge is 2.14. The molecule has 1 aromatic heterocycles. The van der Waals surface area contributed by atoms with Crippen molar-refractivity contribution in [2.24, 2.45) is 0 Å². The fraction of sp³-hybridized carbons (Fsp3) is 0.200. The van der Waals surface area contributed by atoms with Crippen molar-refractivity contribution < 1.29 is 9.53 Å². The van der Waals surface area contributed by atoms with E-state index in [4.69, 9.17) is 4.74 Å². The van der Waals surface area contributed by atoms with Gasteiger partial charge in [0.25, 0.3) is 0 Å². The quantitative estimate of drug-likeness (QED) is 0.915. The van der Waals surface area contributed by atoms with Crippen LogP contribution in [-0.2, 0) is 17.8 Å². The lowest BCUT2D eigenvalue weighted by molar-refractivity contribution is -0.116. The van der Waals surface area contributed by atoms with E-state index in [1.165, 1.54) is 0 Å². The summed E-state index contributed by atoms with van der Waals surface area (Å²) in [5.41, 5.74) is 3.04. The van der Waals surface area contributed by atoms with E-state index in [9.17, 15) is 4.79 Å². The topological polar surface area (TPSA) is 51.2 Å². The van der Waals surface area contributed by atoms with Crippen LogP contribution in [-0.4, -0.2) is 10.9 Å². The zero-order valence-electron chi connectivity index (χ0n) is 10.4. The van der Waals surface area contributed by atoms with Crippen molar-refractivity contribution in [2.75, 3.05) is 5.32 Å². The van der Waals surface area contributed by atoms with Crippen LogP contribution in [0.4, 0.5) is 5.69 Å². The summed E-state index contributed by atoms with van der Waals surface area (Å²) in [4.78, 5) is 15.4. The Labute approximate surface area is 111 Å². The van der Waals surface area contributed by atoms with Crippen molar-refractivity contribution in [3.63, 3.8) is 0 Å². The molecule has 0 aliphatic carbocycles. The molecule has 1 aromatic carbocycles. The van der Waals surface area contributed by atoms with E-state index in [1.807, 2.05) is 30.3 Å². The van der Waals surface area contributed by atoms with Crippen LogP contribution >= 0.6 is 0 Å². The van der Waals surface area contributed by atoms with Gasteiger partial charge in [0.2, 0.25) is 5.91 Å². The summed E-state index contributed by atoms with van der Waals surface area (Å²) in [6.45, 7) is 0.473. The van der Waals surface area contributed by atoms with Crippen LogP contribution < -0.4 is 10.1 Å². The average molecular weight is 254 g/mol. The molecule has 0 saturated carbocycles.